The molecule has 1 nitrogen and oxygen atoms in total. The molecule has 0 N–H and O–H groups in total. The lowest BCUT2D eigenvalue weighted by atomic mass is 9.38. The van der Waals surface area contributed by atoms with Gasteiger partial charge in [0.2, 0.25) is 0 Å². The summed E-state index contributed by atoms with van der Waals surface area (Å²) in [6, 6.07) is 0. The highest BCUT2D eigenvalue weighted by Crippen LogP contribution is 2.67. The van der Waals surface area contributed by atoms with Crippen molar-refractivity contribution in [2.24, 2.45) is 16.7 Å². The van der Waals surface area contributed by atoms with Gasteiger partial charge in [-0.05, 0) is 29.7 Å². The van der Waals surface area contributed by atoms with Crippen LogP contribution in [0.5, 0.6) is 0 Å². The van der Waals surface area contributed by atoms with Gasteiger partial charge in [0.1, 0.15) is 5.78 Å². The van der Waals surface area contributed by atoms with Gasteiger partial charge in [0.25, 0.3) is 0 Å². The minimum atomic E-state index is -0.267. The molecule has 0 aliphatic heterocycles. The topological polar surface area (TPSA) is 17.1 Å². The van der Waals surface area contributed by atoms with Crippen molar-refractivity contribution < 1.29 is 4.79 Å². The molecule has 2 bridgehead atoms. The first-order valence-corrected chi connectivity index (χ1v) is 6.18. The number of allylic oxidation sites excluding steroid dienone is 3. The van der Waals surface area contributed by atoms with E-state index >= 15 is 0 Å². The Kier molecular flexibility index (Phi) is 2.27. The molecule has 0 aromatic rings. The first-order chi connectivity index (χ1) is 6.84. The zero-order chi connectivity index (χ0) is 11.4. The molecule has 0 radical (unpaired) electrons. The van der Waals surface area contributed by atoms with Crippen LogP contribution in [-0.2, 0) is 4.79 Å². The van der Waals surface area contributed by atoms with Crippen LogP contribution in [0.3, 0.4) is 0 Å². The molecule has 82 valence electrons. The summed E-state index contributed by atoms with van der Waals surface area (Å²) in [7, 11) is 0. The third-order valence-corrected chi connectivity index (χ3v) is 4.78. The monoisotopic (exact) mass is 268 g/mol. The molecular formula is C13H17BrO. The molecule has 2 heteroatoms. The fraction of sp³-hybridized carbons (Fsp3) is 0.615. The second kappa shape index (κ2) is 3.07. The van der Waals surface area contributed by atoms with Crippen molar-refractivity contribution in [1.29, 1.82) is 0 Å². The van der Waals surface area contributed by atoms with Crippen LogP contribution >= 0.6 is 15.9 Å². The molecule has 0 aromatic heterocycles. The Hall–Kier alpha value is -0.370. The fourth-order valence-corrected chi connectivity index (χ4v) is 3.90. The van der Waals surface area contributed by atoms with Crippen molar-refractivity contribution in [3.8, 4) is 0 Å². The Balaban J connectivity index is 2.49. The first-order valence-electron chi connectivity index (χ1n) is 5.39. The lowest BCUT2D eigenvalue weighted by Gasteiger charge is -2.63. The lowest BCUT2D eigenvalue weighted by Crippen LogP contribution is -2.66. The first kappa shape index (κ1) is 11.1. The van der Waals surface area contributed by atoms with Crippen molar-refractivity contribution in [1.82, 2.24) is 0 Å². The Morgan fingerprint density at radius 3 is 2.67 bits per heavy atom. The van der Waals surface area contributed by atoms with Gasteiger partial charge in [-0.25, -0.2) is 0 Å². The number of halogens is 1. The van der Waals surface area contributed by atoms with Crippen molar-refractivity contribution >= 4 is 21.7 Å². The van der Waals surface area contributed by atoms with E-state index in [4.69, 9.17) is 0 Å². The highest BCUT2D eigenvalue weighted by molar-refractivity contribution is 9.11. The fourth-order valence-electron chi connectivity index (χ4n) is 3.48. The summed E-state index contributed by atoms with van der Waals surface area (Å²) in [5.74, 6) is 0.654. The third-order valence-electron chi connectivity index (χ3n) is 4.50. The average Bonchev–Trinajstić information content (AvgIpc) is 2.10. The number of hydrogen-bond acceptors (Lipinski definition) is 1. The van der Waals surface area contributed by atoms with E-state index in [1.165, 1.54) is 5.57 Å². The summed E-state index contributed by atoms with van der Waals surface area (Å²) in [6.45, 7) is 10.4. The lowest BCUT2D eigenvalue weighted by molar-refractivity contribution is -0.168. The summed E-state index contributed by atoms with van der Waals surface area (Å²) in [4.78, 5) is 12.2. The van der Waals surface area contributed by atoms with E-state index in [-0.39, 0.29) is 16.7 Å². The maximum atomic E-state index is 12.2. The quantitative estimate of drug-likeness (QED) is 0.696. The van der Waals surface area contributed by atoms with E-state index in [1.54, 1.807) is 0 Å². The number of fused-ring (bicyclic) bond motifs is 1. The molecule has 0 aromatic carbocycles. The van der Waals surface area contributed by atoms with Crippen LogP contribution < -0.4 is 0 Å². The van der Waals surface area contributed by atoms with Gasteiger partial charge in [-0.15, -0.1) is 0 Å². The van der Waals surface area contributed by atoms with Crippen LogP contribution in [0, 0.1) is 16.7 Å². The summed E-state index contributed by atoms with van der Waals surface area (Å²) in [5.41, 5.74) is 1.07. The third kappa shape index (κ3) is 1.12. The van der Waals surface area contributed by atoms with Crippen LogP contribution in [-0.4, -0.2) is 5.78 Å². The summed E-state index contributed by atoms with van der Waals surface area (Å²) >= 11 is 3.40. The van der Waals surface area contributed by atoms with Crippen LogP contribution in [0.25, 0.3) is 0 Å². The standard InChI is InChI=1S/C13H17BrO/c1-8-5-6-10-11(15)13(8,7-9(2)14)12(10,3)4/h5,10H,2,6-7H2,1,3-4H3/t10-,13+/m0/s1. The van der Waals surface area contributed by atoms with Gasteiger partial charge in [-0.1, -0.05) is 48.0 Å². The summed E-state index contributed by atoms with van der Waals surface area (Å²) in [6.07, 6.45) is 3.90. The van der Waals surface area contributed by atoms with Gasteiger partial charge in [-0.2, -0.15) is 0 Å². The Morgan fingerprint density at radius 1 is 1.67 bits per heavy atom. The molecule has 1 fully saturated rings. The molecule has 0 saturated heterocycles. The van der Waals surface area contributed by atoms with Crippen LogP contribution in [0.1, 0.15) is 33.6 Å². The number of Topliss-reactive ketones (excluding diaryl/α,β-unsaturated/α-hetero) is 1. The molecule has 3 aliphatic rings. The number of ketones is 1. The number of hydrogen-bond donors (Lipinski definition) is 0. The predicted octanol–water partition coefficient (Wildman–Crippen LogP) is 3.85. The normalized spacial score (nSPS) is 36.9. The van der Waals surface area contributed by atoms with Gasteiger partial charge in [0.05, 0.1) is 5.41 Å². The van der Waals surface area contributed by atoms with Gasteiger partial charge in [-0.3, -0.25) is 4.79 Å². The van der Waals surface area contributed by atoms with E-state index in [0.29, 0.717) is 5.78 Å². The maximum absolute atomic E-state index is 12.2. The van der Waals surface area contributed by atoms with E-state index in [0.717, 1.165) is 17.3 Å². The highest BCUT2D eigenvalue weighted by Gasteiger charge is 2.68. The Labute approximate surface area is 99.8 Å². The Bertz CT molecular complexity index is 378. The number of rotatable bonds is 2. The van der Waals surface area contributed by atoms with E-state index in [9.17, 15) is 4.79 Å². The van der Waals surface area contributed by atoms with Crippen LogP contribution in [0.2, 0.25) is 0 Å². The molecule has 0 spiro atoms. The van der Waals surface area contributed by atoms with Crippen molar-refractivity contribution in [2.45, 2.75) is 33.6 Å². The van der Waals surface area contributed by atoms with Crippen LogP contribution in [0.15, 0.2) is 22.7 Å². The predicted molar refractivity (Wildman–Crippen MR) is 65.8 cm³/mol. The number of carbonyl (C=O) groups excluding carboxylic acids is 1. The zero-order valence-electron chi connectivity index (χ0n) is 9.56. The summed E-state index contributed by atoms with van der Waals surface area (Å²) < 4.78 is 0.928. The minimum absolute atomic E-state index is 0.0969. The summed E-state index contributed by atoms with van der Waals surface area (Å²) in [5, 5.41) is 0. The molecule has 1 saturated carbocycles. The average molecular weight is 269 g/mol. The zero-order valence-corrected chi connectivity index (χ0v) is 11.1. The SMILES string of the molecule is C=C(Br)C[C@]12C(=O)[C@H](CC=C1C)C2(C)C. The molecule has 3 rings (SSSR count). The van der Waals surface area contributed by atoms with E-state index < -0.39 is 0 Å². The second-order valence-electron chi connectivity index (χ2n) is 5.36. The largest absolute Gasteiger partial charge is 0.298 e. The van der Waals surface area contributed by atoms with E-state index in [1.807, 2.05) is 0 Å². The molecule has 0 heterocycles. The maximum Gasteiger partial charge on any atom is 0.147 e. The van der Waals surface area contributed by atoms with Gasteiger partial charge in [0, 0.05) is 5.92 Å². The smallest absolute Gasteiger partial charge is 0.147 e. The molecule has 15 heavy (non-hydrogen) atoms. The van der Waals surface area contributed by atoms with Crippen molar-refractivity contribution in [3.05, 3.63) is 22.7 Å². The number of carbonyl (C=O) groups is 1. The Morgan fingerprint density at radius 2 is 2.27 bits per heavy atom. The minimum Gasteiger partial charge on any atom is -0.298 e. The van der Waals surface area contributed by atoms with Gasteiger partial charge < -0.3 is 0 Å². The molecular weight excluding hydrogens is 252 g/mol. The van der Waals surface area contributed by atoms with Gasteiger partial charge in [0.15, 0.2) is 0 Å². The highest BCUT2D eigenvalue weighted by atomic mass is 79.9. The van der Waals surface area contributed by atoms with Crippen molar-refractivity contribution in [2.75, 3.05) is 0 Å². The molecule has 3 aliphatic carbocycles. The molecule has 2 atom stereocenters. The molecule has 0 unspecified atom stereocenters. The molecule has 0 amide bonds. The second-order valence-corrected chi connectivity index (χ2v) is 6.48. The van der Waals surface area contributed by atoms with Gasteiger partial charge >= 0.3 is 0 Å². The van der Waals surface area contributed by atoms with E-state index in [2.05, 4.69) is 49.4 Å². The van der Waals surface area contributed by atoms with Crippen LogP contribution in [0.4, 0.5) is 0 Å². The van der Waals surface area contributed by atoms with Crippen molar-refractivity contribution in [3.63, 3.8) is 0 Å².